The van der Waals surface area contributed by atoms with Gasteiger partial charge in [0.25, 0.3) is 5.91 Å². The zero-order valence-electron chi connectivity index (χ0n) is 11.3. The Hall–Kier alpha value is -2.29. The lowest BCUT2D eigenvalue weighted by Crippen LogP contribution is -2.43. The molecule has 20 heavy (non-hydrogen) atoms. The third kappa shape index (κ3) is 2.27. The van der Waals surface area contributed by atoms with Crippen LogP contribution in [0.2, 0.25) is 0 Å². The molecule has 1 saturated heterocycles. The second-order valence-corrected chi connectivity index (χ2v) is 4.61. The number of aromatic nitrogens is 6. The maximum Gasteiger partial charge on any atom is 0.290 e. The Morgan fingerprint density at radius 3 is 2.95 bits per heavy atom. The highest BCUT2D eigenvalue weighted by molar-refractivity contribution is 5.90. The van der Waals surface area contributed by atoms with E-state index in [0.717, 1.165) is 0 Å². The molecule has 106 valence electrons. The fourth-order valence-corrected chi connectivity index (χ4v) is 2.13. The van der Waals surface area contributed by atoms with E-state index in [2.05, 4.69) is 20.4 Å². The van der Waals surface area contributed by atoms with Crippen LogP contribution in [0.3, 0.4) is 0 Å². The molecule has 0 N–H and O–H groups in total. The number of nitrogens with zero attached hydrogens (tertiary/aromatic N) is 7. The minimum atomic E-state index is -0.346. The zero-order valence-corrected chi connectivity index (χ0v) is 11.3. The average Bonchev–Trinajstić information content (AvgIpc) is 3.07. The van der Waals surface area contributed by atoms with Gasteiger partial charge in [-0.2, -0.15) is 4.80 Å². The van der Waals surface area contributed by atoms with Gasteiger partial charge in [-0.3, -0.25) is 4.79 Å². The lowest BCUT2D eigenvalue weighted by atomic mass is 10.2. The first-order valence-corrected chi connectivity index (χ1v) is 6.27. The van der Waals surface area contributed by atoms with Crippen molar-refractivity contribution in [3.05, 3.63) is 24.0 Å². The van der Waals surface area contributed by atoms with Crippen LogP contribution in [0.25, 0.3) is 0 Å². The van der Waals surface area contributed by atoms with Crippen LogP contribution < -0.4 is 0 Å². The molecule has 1 atom stereocenters. The van der Waals surface area contributed by atoms with Crippen LogP contribution in [-0.4, -0.2) is 60.3 Å². The molecule has 1 aliphatic rings. The van der Waals surface area contributed by atoms with Gasteiger partial charge in [-0.25, -0.2) is 4.98 Å². The number of morpholine rings is 1. The number of tetrazole rings is 1. The van der Waals surface area contributed by atoms with Crippen molar-refractivity contribution in [2.75, 3.05) is 19.7 Å². The first-order valence-electron chi connectivity index (χ1n) is 6.27. The molecule has 1 fully saturated rings. The molecular weight excluding hydrogens is 262 g/mol. The number of imidazole rings is 1. The molecule has 9 heteroatoms. The third-order valence-corrected chi connectivity index (χ3v) is 3.18. The van der Waals surface area contributed by atoms with Crippen LogP contribution >= 0.6 is 0 Å². The molecule has 3 rings (SSSR count). The Balaban J connectivity index is 1.75. The van der Waals surface area contributed by atoms with Crippen LogP contribution in [0.15, 0.2) is 12.4 Å². The Morgan fingerprint density at radius 1 is 1.45 bits per heavy atom. The number of hydrogen-bond donors (Lipinski definition) is 0. The van der Waals surface area contributed by atoms with Crippen molar-refractivity contribution >= 4 is 5.91 Å². The zero-order chi connectivity index (χ0) is 14.1. The average molecular weight is 277 g/mol. The molecule has 2 aromatic rings. The van der Waals surface area contributed by atoms with Crippen molar-refractivity contribution in [3.63, 3.8) is 0 Å². The predicted octanol–water partition coefficient (Wildman–Crippen LogP) is -0.843. The van der Waals surface area contributed by atoms with Crippen LogP contribution in [0.1, 0.15) is 22.5 Å². The quantitative estimate of drug-likeness (QED) is 0.710. The first-order chi connectivity index (χ1) is 9.65. The van der Waals surface area contributed by atoms with Gasteiger partial charge in [-0.1, -0.05) is 0 Å². The summed E-state index contributed by atoms with van der Waals surface area (Å²) in [6.45, 7) is 1.37. The van der Waals surface area contributed by atoms with Crippen molar-refractivity contribution in [1.82, 2.24) is 34.7 Å². The number of carbonyl (C=O) groups is 1. The first kappa shape index (κ1) is 12.7. The van der Waals surface area contributed by atoms with Crippen molar-refractivity contribution in [2.24, 2.45) is 14.1 Å². The summed E-state index contributed by atoms with van der Waals surface area (Å²) in [6, 6.07) is 0. The summed E-state index contributed by atoms with van der Waals surface area (Å²) in [5.41, 5.74) is 0. The molecule has 1 aliphatic heterocycles. The number of aryl methyl sites for hydroxylation is 2. The third-order valence-electron chi connectivity index (χ3n) is 3.18. The van der Waals surface area contributed by atoms with Crippen molar-refractivity contribution < 1.29 is 9.53 Å². The summed E-state index contributed by atoms with van der Waals surface area (Å²) < 4.78 is 7.31. The van der Waals surface area contributed by atoms with Crippen LogP contribution in [0.5, 0.6) is 0 Å². The van der Waals surface area contributed by atoms with E-state index >= 15 is 0 Å². The van der Waals surface area contributed by atoms with Gasteiger partial charge in [-0.05, 0) is 5.21 Å². The van der Waals surface area contributed by atoms with Gasteiger partial charge in [0.1, 0.15) is 6.10 Å². The normalized spacial score (nSPS) is 19.3. The summed E-state index contributed by atoms with van der Waals surface area (Å²) in [4.78, 5) is 19.5. The van der Waals surface area contributed by atoms with E-state index in [-0.39, 0.29) is 12.0 Å². The van der Waals surface area contributed by atoms with Gasteiger partial charge in [-0.15, -0.1) is 10.2 Å². The number of rotatable bonds is 2. The molecule has 1 amide bonds. The summed E-state index contributed by atoms with van der Waals surface area (Å²) in [7, 11) is 3.48. The van der Waals surface area contributed by atoms with E-state index in [1.54, 1.807) is 36.0 Å². The molecule has 0 spiro atoms. The van der Waals surface area contributed by atoms with Crippen LogP contribution in [-0.2, 0) is 18.8 Å². The van der Waals surface area contributed by atoms with Crippen LogP contribution in [0, 0.1) is 0 Å². The smallest absolute Gasteiger partial charge is 0.290 e. The highest BCUT2D eigenvalue weighted by atomic mass is 16.5. The topological polar surface area (TPSA) is 91.0 Å². The Labute approximate surface area is 115 Å². The fourth-order valence-electron chi connectivity index (χ4n) is 2.13. The Morgan fingerprint density at radius 2 is 2.30 bits per heavy atom. The second kappa shape index (κ2) is 5.00. The molecule has 0 aromatic carbocycles. The number of ether oxygens (including phenoxy) is 1. The molecule has 0 aliphatic carbocycles. The van der Waals surface area contributed by atoms with Gasteiger partial charge in [0.2, 0.25) is 5.82 Å². The van der Waals surface area contributed by atoms with Crippen LogP contribution in [0.4, 0.5) is 0 Å². The van der Waals surface area contributed by atoms with Crippen molar-refractivity contribution in [1.29, 1.82) is 0 Å². The highest BCUT2D eigenvalue weighted by Gasteiger charge is 2.30. The van der Waals surface area contributed by atoms with E-state index in [0.29, 0.717) is 31.3 Å². The molecule has 0 bridgehead atoms. The van der Waals surface area contributed by atoms with Gasteiger partial charge in [0.15, 0.2) is 5.82 Å². The largest absolute Gasteiger partial charge is 0.366 e. The minimum Gasteiger partial charge on any atom is -0.366 e. The highest BCUT2D eigenvalue weighted by Crippen LogP contribution is 2.19. The summed E-state index contributed by atoms with van der Waals surface area (Å²) in [5.74, 6) is 0.789. The maximum absolute atomic E-state index is 12.4. The Bertz CT molecular complexity index is 620. The van der Waals surface area contributed by atoms with Crippen molar-refractivity contribution in [2.45, 2.75) is 6.10 Å². The van der Waals surface area contributed by atoms with Gasteiger partial charge in [0, 0.05) is 26.0 Å². The standard InChI is InChI=1S/C11H15N7O2/c1-16-4-3-12-10(16)11(19)18-5-6-20-8(7-18)9-13-15-17(2)14-9/h3-4,8H,5-7H2,1-2H3. The maximum atomic E-state index is 12.4. The molecule has 0 saturated carbocycles. The summed E-state index contributed by atoms with van der Waals surface area (Å²) >= 11 is 0. The lowest BCUT2D eigenvalue weighted by molar-refractivity contribution is -0.0274. The van der Waals surface area contributed by atoms with E-state index < -0.39 is 0 Å². The molecule has 9 nitrogen and oxygen atoms in total. The summed E-state index contributed by atoms with van der Waals surface area (Å²) in [6.07, 6.45) is 3.01. The van der Waals surface area contributed by atoms with E-state index in [1.165, 1.54) is 4.80 Å². The number of hydrogen-bond acceptors (Lipinski definition) is 6. The summed E-state index contributed by atoms with van der Waals surface area (Å²) in [5, 5.41) is 11.8. The predicted molar refractivity (Wildman–Crippen MR) is 66.6 cm³/mol. The van der Waals surface area contributed by atoms with Crippen molar-refractivity contribution in [3.8, 4) is 0 Å². The Kier molecular flexibility index (Phi) is 3.18. The number of amides is 1. The number of carbonyl (C=O) groups excluding carboxylic acids is 1. The minimum absolute atomic E-state index is 0.116. The van der Waals surface area contributed by atoms with Gasteiger partial charge in [0.05, 0.1) is 20.2 Å². The van der Waals surface area contributed by atoms with E-state index in [9.17, 15) is 4.79 Å². The molecule has 3 heterocycles. The lowest BCUT2D eigenvalue weighted by Gasteiger charge is -2.31. The monoisotopic (exact) mass is 277 g/mol. The molecule has 2 aromatic heterocycles. The van der Waals surface area contributed by atoms with E-state index in [1.807, 2.05) is 0 Å². The fraction of sp³-hybridized carbons (Fsp3) is 0.545. The molecule has 1 unspecified atom stereocenters. The van der Waals surface area contributed by atoms with Gasteiger partial charge < -0.3 is 14.2 Å². The molecular formula is C11H15N7O2. The molecule has 0 radical (unpaired) electrons. The SMILES string of the molecule is Cn1nnc(C2CN(C(=O)c3nccn3C)CCO2)n1. The second-order valence-electron chi connectivity index (χ2n) is 4.61. The van der Waals surface area contributed by atoms with E-state index in [4.69, 9.17) is 4.74 Å². The van der Waals surface area contributed by atoms with Gasteiger partial charge >= 0.3 is 0 Å².